The van der Waals surface area contributed by atoms with Gasteiger partial charge < -0.3 is 15.3 Å². The molecule has 120 valence electrons. The Kier molecular flexibility index (Phi) is 5.88. The number of aliphatic carboxylic acids is 1. The van der Waals surface area contributed by atoms with E-state index in [1.165, 1.54) is 25.7 Å². The zero-order valence-electron chi connectivity index (χ0n) is 13.0. The molecule has 0 spiro atoms. The number of carbonyl (C=O) groups excluding carboxylic acids is 1. The summed E-state index contributed by atoms with van der Waals surface area (Å²) in [7, 11) is 0. The fourth-order valence-electron chi connectivity index (χ4n) is 3.77. The van der Waals surface area contributed by atoms with Crippen LogP contribution < -0.4 is 5.32 Å². The summed E-state index contributed by atoms with van der Waals surface area (Å²) in [5.41, 5.74) is 0. The molecule has 0 aromatic carbocycles. The largest absolute Gasteiger partial charge is 0.480 e. The van der Waals surface area contributed by atoms with Crippen molar-refractivity contribution >= 4 is 12.0 Å². The molecule has 1 aliphatic carbocycles. The third-order valence-corrected chi connectivity index (χ3v) is 4.95. The van der Waals surface area contributed by atoms with E-state index in [2.05, 4.69) is 5.32 Å². The van der Waals surface area contributed by atoms with Gasteiger partial charge in [0.25, 0.3) is 0 Å². The van der Waals surface area contributed by atoms with E-state index >= 15 is 0 Å². The first kappa shape index (κ1) is 16.1. The SMILES string of the molecule is CCCC[C@H](NC(=O)N1CCCC2CCCCC21)C(=O)O. The van der Waals surface area contributed by atoms with Crippen LogP contribution in [0.5, 0.6) is 0 Å². The number of urea groups is 1. The topological polar surface area (TPSA) is 69.6 Å². The van der Waals surface area contributed by atoms with Gasteiger partial charge in [0.05, 0.1) is 0 Å². The van der Waals surface area contributed by atoms with Gasteiger partial charge in [0, 0.05) is 12.6 Å². The normalized spacial score (nSPS) is 26.8. The van der Waals surface area contributed by atoms with Crippen LogP contribution in [-0.4, -0.2) is 40.6 Å². The minimum absolute atomic E-state index is 0.171. The lowest BCUT2D eigenvalue weighted by atomic mass is 9.78. The minimum Gasteiger partial charge on any atom is -0.480 e. The smallest absolute Gasteiger partial charge is 0.326 e. The predicted octanol–water partition coefficient (Wildman–Crippen LogP) is 2.99. The number of carboxylic acids is 1. The Morgan fingerprint density at radius 1 is 1.24 bits per heavy atom. The number of likely N-dealkylation sites (tertiary alicyclic amines) is 1. The lowest BCUT2D eigenvalue weighted by molar-refractivity contribution is -0.139. The molecule has 21 heavy (non-hydrogen) atoms. The van der Waals surface area contributed by atoms with Gasteiger partial charge in [-0.05, 0) is 38.0 Å². The van der Waals surface area contributed by atoms with Gasteiger partial charge >= 0.3 is 12.0 Å². The van der Waals surface area contributed by atoms with Crippen molar-refractivity contribution in [2.24, 2.45) is 5.92 Å². The first-order valence-electron chi connectivity index (χ1n) is 8.43. The number of carboxylic acid groups (broad SMARTS) is 1. The summed E-state index contributed by atoms with van der Waals surface area (Å²) in [6, 6.07) is -0.593. The van der Waals surface area contributed by atoms with Crippen molar-refractivity contribution in [1.29, 1.82) is 0 Å². The summed E-state index contributed by atoms with van der Waals surface area (Å²) in [6.07, 6.45) is 9.27. The molecule has 5 heteroatoms. The molecule has 1 heterocycles. The Morgan fingerprint density at radius 2 is 1.95 bits per heavy atom. The van der Waals surface area contributed by atoms with Crippen LogP contribution >= 0.6 is 0 Å². The second-order valence-corrected chi connectivity index (χ2v) is 6.43. The van der Waals surface area contributed by atoms with E-state index in [4.69, 9.17) is 0 Å². The molecule has 2 unspecified atom stereocenters. The molecular formula is C16H28N2O3. The van der Waals surface area contributed by atoms with E-state index in [9.17, 15) is 14.7 Å². The molecular weight excluding hydrogens is 268 g/mol. The van der Waals surface area contributed by atoms with Crippen molar-refractivity contribution in [1.82, 2.24) is 10.2 Å². The average Bonchev–Trinajstić information content (AvgIpc) is 2.50. The van der Waals surface area contributed by atoms with Crippen molar-refractivity contribution in [3.8, 4) is 0 Å². The zero-order valence-corrected chi connectivity index (χ0v) is 13.0. The molecule has 2 amide bonds. The molecule has 0 aromatic rings. The molecule has 2 N–H and O–H groups in total. The van der Waals surface area contributed by atoms with Crippen LogP contribution in [0.1, 0.15) is 64.7 Å². The number of piperidine rings is 1. The second kappa shape index (κ2) is 7.66. The van der Waals surface area contributed by atoms with Crippen molar-refractivity contribution < 1.29 is 14.7 Å². The fourth-order valence-corrected chi connectivity index (χ4v) is 3.77. The maximum atomic E-state index is 12.5. The lowest BCUT2D eigenvalue weighted by Gasteiger charge is -2.44. The summed E-state index contributed by atoms with van der Waals surface area (Å²) < 4.78 is 0. The third-order valence-electron chi connectivity index (χ3n) is 4.95. The van der Waals surface area contributed by atoms with Crippen molar-refractivity contribution in [2.45, 2.75) is 76.8 Å². The molecule has 3 atom stereocenters. The van der Waals surface area contributed by atoms with Gasteiger partial charge in [-0.2, -0.15) is 0 Å². The molecule has 0 bridgehead atoms. The van der Waals surface area contributed by atoms with Gasteiger partial charge in [-0.15, -0.1) is 0 Å². The van der Waals surface area contributed by atoms with Crippen LogP contribution in [0.15, 0.2) is 0 Å². The van der Waals surface area contributed by atoms with Crippen molar-refractivity contribution in [3.63, 3.8) is 0 Å². The van der Waals surface area contributed by atoms with Gasteiger partial charge in [-0.25, -0.2) is 9.59 Å². The second-order valence-electron chi connectivity index (χ2n) is 6.43. The first-order valence-corrected chi connectivity index (χ1v) is 8.43. The van der Waals surface area contributed by atoms with Crippen LogP contribution in [-0.2, 0) is 4.79 Å². The van der Waals surface area contributed by atoms with Gasteiger partial charge in [0.1, 0.15) is 6.04 Å². The van der Waals surface area contributed by atoms with Crippen LogP contribution in [0.25, 0.3) is 0 Å². The van der Waals surface area contributed by atoms with Crippen LogP contribution in [0.4, 0.5) is 4.79 Å². The Labute approximate surface area is 127 Å². The lowest BCUT2D eigenvalue weighted by Crippen LogP contribution is -2.55. The molecule has 2 rings (SSSR count). The monoisotopic (exact) mass is 296 g/mol. The molecule has 5 nitrogen and oxygen atoms in total. The summed E-state index contributed by atoms with van der Waals surface area (Å²) in [6.45, 7) is 2.80. The quantitative estimate of drug-likeness (QED) is 0.819. The average molecular weight is 296 g/mol. The highest BCUT2D eigenvalue weighted by molar-refractivity contribution is 5.82. The predicted molar refractivity (Wildman–Crippen MR) is 81.2 cm³/mol. The van der Waals surface area contributed by atoms with Gasteiger partial charge in [-0.1, -0.05) is 32.6 Å². The highest BCUT2D eigenvalue weighted by Gasteiger charge is 2.36. The van der Waals surface area contributed by atoms with Gasteiger partial charge in [0.15, 0.2) is 0 Å². The third kappa shape index (κ3) is 4.11. The van der Waals surface area contributed by atoms with E-state index < -0.39 is 12.0 Å². The number of carbonyl (C=O) groups is 2. The summed E-state index contributed by atoms with van der Waals surface area (Å²) in [5.74, 6) is -0.300. The number of unbranched alkanes of at least 4 members (excludes halogenated alkanes) is 1. The van der Waals surface area contributed by atoms with E-state index in [0.29, 0.717) is 18.4 Å². The van der Waals surface area contributed by atoms with E-state index in [1.54, 1.807) is 0 Å². The van der Waals surface area contributed by atoms with E-state index in [-0.39, 0.29) is 6.03 Å². The molecule has 1 saturated carbocycles. The Bertz CT molecular complexity index is 371. The number of rotatable bonds is 5. The van der Waals surface area contributed by atoms with Crippen LogP contribution in [0.2, 0.25) is 0 Å². The van der Waals surface area contributed by atoms with Gasteiger partial charge in [0.2, 0.25) is 0 Å². The Hall–Kier alpha value is -1.26. The van der Waals surface area contributed by atoms with Crippen molar-refractivity contribution in [2.75, 3.05) is 6.54 Å². The van der Waals surface area contributed by atoms with Crippen LogP contribution in [0.3, 0.4) is 0 Å². The Morgan fingerprint density at radius 3 is 2.67 bits per heavy atom. The maximum absolute atomic E-state index is 12.5. The minimum atomic E-state index is -0.922. The summed E-state index contributed by atoms with van der Waals surface area (Å²) in [5, 5.41) is 12.0. The number of nitrogens with one attached hydrogen (secondary N) is 1. The highest BCUT2D eigenvalue weighted by Crippen LogP contribution is 2.35. The number of amides is 2. The molecule has 1 aliphatic heterocycles. The van der Waals surface area contributed by atoms with Crippen molar-refractivity contribution in [3.05, 3.63) is 0 Å². The maximum Gasteiger partial charge on any atom is 0.326 e. The fraction of sp³-hybridized carbons (Fsp3) is 0.875. The molecule has 1 saturated heterocycles. The molecule has 0 aromatic heterocycles. The number of hydrogen-bond donors (Lipinski definition) is 2. The number of fused-ring (bicyclic) bond motifs is 1. The molecule has 2 aliphatic rings. The van der Waals surface area contributed by atoms with Crippen LogP contribution in [0, 0.1) is 5.92 Å². The molecule has 0 radical (unpaired) electrons. The number of hydrogen-bond acceptors (Lipinski definition) is 2. The van der Waals surface area contributed by atoms with Gasteiger partial charge in [-0.3, -0.25) is 0 Å². The zero-order chi connectivity index (χ0) is 15.2. The summed E-state index contributed by atoms with van der Waals surface area (Å²) >= 11 is 0. The molecule has 2 fully saturated rings. The van der Waals surface area contributed by atoms with E-state index in [0.717, 1.165) is 32.2 Å². The highest BCUT2D eigenvalue weighted by atomic mass is 16.4. The van der Waals surface area contributed by atoms with E-state index in [1.807, 2.05) is 11.8 Å². The summed E-state index contributed by atoms with van der Waals surface area (Å²) in [4.78, 5) is 25.7. The standard InChI is InChI=1S/C16H28N2O3/c1-2-3-9-13(15(19)20)17-16(21)18-11-6-8-12-7-4-5-10-14(12)18/h12-14H,2-11H2,1H3,(H,17,21)(H,19,20)/t12?,13-,14?/m0/s1. The first-order chi connectivity index (χ1) is 10.1. The number of nitrogens with zero attached hydrogens (tertiary/aromatic N) is 1. The Balaban J connectivity index is 1.95.